The predicted octanol–water partition coefficient (Wildman–Crippen LogP) is 7.02. The van der Waals surface area contributed by atoms with E-state index in [1.807, 2.05) is 43.3 Å². The van der Waals surface area contributed by atoms with E-state index < -0.39 is 0 Å². The zero-order valence-electron chi connectivity index (χ0n) is 19.1. The van der Waals surface area contributed by atoms with Gasteiger partial charge in [-0.1, -0.05) is 83.9 Å². The maximum Gasteiger partial charge on any atom is 0.255 e. The number of hydrogen-bond acceptors (Lipinski definition) is 3. The number of aromatic nitrogens is 2. The normalized spacial score (nSPS) is 11.0. The van der Waals surface area contributed by atoms with E-state index in [4.69, 9.17) is 23.2 Å². The van der Waals surface area contributed by atoms with E-state index in [2.05, 4.69) is 39.6 Å². The van der Waals surface area contributed by atoms with E-state index in [-0.39, 0.29) is 11.8 Å². The van der Waals surface area contributed by atoms with Crippen LogP contribution in [0.5, 0.6) is 0 Å². The molecule has 4 rings (SSSR count). The third kappa shape index (κ3) is 5.64. The molecule has 0 bridgehead atoms. The molecule has 4 aromatic rings. The van der Waals surface area contributed by atoms with Crippen LogP contribution < -0.4 is 5.32 Å². The van der Waals surface area contributed by atoms with Crippen molar-refractivity contribution in [1.29, 1.82) is 0 Å². The summed E-state index contributed by atoms with van der Waals surface area (Å²) in [5.74, 6) is 0.529. The molecule has 172 valence electrons. The number of nitrogens with zero attached hydrogens (tertiary/aromatic N) is 2. The second-order valence-electron chi connectivity index (χ2n) is 8.16. The molecule has 1 aromatic heterocycles. The van der Waals surface area contributed by atoms with Gasteiger partial charge in [0.1, 0.15) is 5.82 Å². The summed E-state index contributed by atoms with van der Waals surface area (Å²) in [5.41, 5.74) is 4.68. The lowest BCUT2D eigenvalue weighted by Crippen LogP contribution is -2.28. The van der Waals surface area contributed by atoms with Crippen molar-refractivity contribution < 1.29 is 4.79 Å². The van der Waals surface area contributed by atoms with Gasteiger partial charge in [0.25, 0.3) is 5.91 Å². The van der Waals surface area contributed by atoms with Crippen LogP contribution >= 0.6 is 23.2 Å². The second kappa shape index (κ2) is 10.8. The van der Waals surface area contributed by atoms with Gasteiger partial charge >= 0.3 is 0 Å². The molecule has 1 N–H and O–H groups in total. The first-order valence-electron chi connectivity index (χ1n) is 11.1. The molecule has 0 fully saturated rings. The average molecular weight is 490 g/mol. The average Bonchev–Trinajstić information content (AvgIpc) is 2.81. The molecule has 1 heterocycles. The monoisotopic (exact) mass is 489 g/mol. The molecule has 4 nitrogen and oxygen atoms in total. The predicted molar refractivity (Wildman–Crippen MR) is 139 cm³/mol. The van der Waals surface area contributed by atoms with E-state index in [0.29, 0.717) is 44.9 Å². The molecule has 34 heavy (non-hydrogen) atoms. The Bertz CT molecular complexity index is 1230. The largest absolute Gasteiger partial charge is 0.352 e. The summed E-state index contributed by atoms with van der Waals surface area (Å²) < 4.78 is 0. The molecule has 3 aromatic carbocycles. The van der Waals surface area contributed by atoms with Gasteiger partial charge in [-0.3, -0.25) is 4.79 Å². The van der Waals surface area contributed by atoms with Crippen LogP contribution in [0.3, 0.4) is 0 Å². The molecule has 0 aliphatic heterocycles. The van der Waals surface area contributed by atoms with Crippen LogP contribution in [0.25, 0.3) is 11.3 Å². The fraction of sp³-hybridized carbons (Fsp3) is 0.179. The topological polar surface area (TPSA) is 54.9 Å². The van der Waals surface area contributed by atoms with Gasteiger partial charge in [0.2, 0.25) is 0 Å². The van der Waals surface area contributed by atoms with Crippen molar-refractivity contribution in [2.45, 2.75) is 26.2 Å². The molecule has 0 saturated heterocycles. The van der Waals surface area contributed by atoms with Crippen molar-refractivity contribution in [3.63, 3.8) is 0 Å². The zero-order chi connectivity index (χ0) is 24.1. The minimum atomic E-state index is -0.219. The molecule has 1 amide bonds. The van der Waals surface area contributed by atoms with E-state index in [9.17, 15) is 4.79 Å². The summed E-state index contributed by atoms with van der Waals surface area (Å²) in [4.78, 5) is 22.3. The van der Waals surface area contributed by atoms with Crippen LogP contribution in [0.1, 0.15) is 45.3 Å². The van der Waals surface area contributed by atoms with Crippen molar-refractivity contribution in [3.05, 3.63) is 117 Å². The van der Waals surface area contributed by atoms with Gasteiger partial charge in [-0.05, 0) is 49.6 Å². The fourth-order valence-electron chi connectivity index (χ4n) is 4.20. The standard InChI is InChI=1S/C28H25Cl2N3O/c1-18-26(27(33-19(2)32-18)22-15-23(29)17-24(30)16-22)28(34)31-14-13-25(20-9-5-3-6-10-20)21-11-7-4-8-12-21/h3-12,15-17,25H,13-14H2,1-2H3,(H,31,34). The number of carbonyl (C=O) groups excluding carboxylic acids is 1. The molecule has 0 aliphatic rings. The third-order valence-corrected chi connectivity index (χ3v) is 6.12. The number of nitrogens with one attached hydrogen (secondary N) is 1. The quantitative estimate of drug-likeness (QED) is 0.303. The van der Waals surface area contributed by atoms with Gasteiger partial charge in [-0.15, -0.1) is 0 Å². The first kappa shape index (κ1) is 23.9. The number of halogens is 2. The lowest BCUT2D eigenvalue weighted by molar-refractivity contribution is 0.0952. The molecular weight excluding hydrogens is 465 g/mol. The van der Waals surface area contributed by atoms with Crippen LogP contribution in [0.4, 0.5) is 0 Å². The lowest BCUT2D eigenvalue weighted by atomic mass is 9.88. The Morgan fingerprint density at radius 1 is 0.853 bits per heavy atom. The van der Waals surface area contributed by atoms with Crippen molar-refractivity contribution in [2.75, 3.05) is 6.54 Å². The van der Waals surface area contributed by atoms with Crippen LogP contribution in [-0.2, 0) is 0 Å². The third-order valence-electron chi connectivity index (χ3n) is 5.69. The van der Waals surface area contributed by atoms with E-state index in [0.717, 1.165) is 6.42 Å². The number of benzene rings is 3. The van der Waals surface area contributed by atoms with Gasteiger partial charge in [0.15, 0.2) is 0 Å². The second-order valence-corrected chi connectivity index (χ2v) is 9.03. The highest BCUT2D eigenvalue weighted by Gasteiger charge is 2.21. The first-order chi connectivity index (χ1) is 16.4. The minimum Gasteiger partial charge on any atom is -0.352 e. The Morgan fingerprint density at radius 3 is 1.97 bits per heavy atom. The van der Waals surface area contributed by atoms with E-state index >= 15 is 0 Å². The fourth-order valence-corrected chi connectivity index (χ4v) is 4.72. The molecule has 0 saturated carbocycles. The maximum absolute atomic E-state index is 13.3. The summed E-state index contributed by atoms with van der Waals surface area (Å²) in [7, 11) is 0. The highest BCUT2D eigenvalue weighted by Crippen LogP contribution is 2.30. The minimum absolute atomic E-state index is 0.171. The molecule has 6 heteroatoms. The number of amides is 1. The van der Waals surface area contributed by atoms with Gasteiger partial charge < -0.3 is 5.32 Å². The SMILES string of the molecule is Cc1nc(C)c(C(=O)NCCC(c2ccccc2)c2ccccc2)c(-c2cc(Cl)cc(Cl)c2)n1. The molecule has 0 radical (unpaired) electrons. The van der Waals surface area contributed by atoms with Gasteiger partial charge in [-0.2, -0.15) is 0 Å². The molecule has 0 unspecified atom stereocenters. The van der Waals surface area contributed by atoms with Crippen molar-refractivity contribution in [2.24, 2.45) is 0 Å². The summed E-state index contributed by atoms with van der Waals surface area (Å²) in [6.07, 6.45) is 0.754. The maximum atomic E-state index is 13.3. The molecular formula is C28H25Cl2N3O. The van der Waals surface area contributed by atoms with Gasteiger partial charge in [0, 0.05) is 28.1 Å². The highest BCUT2D eigenvalue weighted by molar-refractivity contribution is 6.35. The zero-order valence-corrected chi connectivity index (χ0v) is 20.6. The van der Waals surface area contributed by atoms with Gasteiger partial charge in [-0.25, -0.2) is 9.97 Å². The number of hydrogen-bond donors (Lipinski definition) is 1. The molecule has 0 atom stereocenters. The number of carbonyl (C=O) groups is 1. The van der Waals surface area contributed by atoms with Crippen LogP contribution in [0, 0.1) is 13.8 Å². The number of aryl methyl sites for hydroxylation is 2. The Balaban J connectivity index is 1.58. The lowest BCUT2D eigenvalue weighted by Gasteiger charge is -2.19. The Morgan fingerprint density at radius 2 is 1.41 bits per heavy atom. The van der Waals surface area contributed by atoms with Crippen molar-refractivity contribution in [3.8, 4) is 11.3 Å². The summed E-state index contributed by atoms with van der Waals surface area (Å²) in [6.45, 7) is 4.11. The van der Waals surface area contributed by atoms with Crippen LogP contribution in [0.15, 0.2) is 78.9 Å². The van der Waals surface area contributed by atoms with Crippen LogP contribution in [0.2, 0.25) is 10.0 Å². The summed E-state index contributed by atoms with van der Waals surface area (Å²) >= 11 is 12.4. The summed E-state index contributed by atoms with van der Waals surface area (Å²) in [5, 5.41) is 4.05. The smallest absolute Gasteiger partial charge is 0.255 e. The van der Waals surface area contributed by atoms with Gasteiger partial charge in [0.05, 0.1) is 17.0 Å². The van der Waals surface area contributed by atoms with E-state index in [1.165, 1.54) is 11.1 Å². The van der Waals surface area contributed by atoms with Crippen molar-refractivity contribution >= 4 is 29.1 Å². The first-order valence-corrected chi connectivity index (χ1v) is 11.9. The van der Waals surface area contributed by atoms with E-state index in [1.54, 1.807) is 25.1 Å². The summed E-state index contributed by atoms with van der Waals surface area (Å²) in [6, 6.07) is 25.8. The highest BCUT2D eigenvalue weighted by atomic mass is 35.5. The molecule has 0 aliphatic carbocycles. The molecule has 0 spiro atoms. The Kier molecular flexibility index (Phi) is 7.61. The van der Waals surface area contributed by atoms with Crippen molar-refractivity contribution in [1.82, 2.24) is 15.3 Å². The van der Waals surface area contributed by atoms with Crippen LogP contribution in [-0.4, -0.2) is 22.4 Å². The Hall–Kier alpha value is -3.21. The number of rotatable bonds is 7. The Labute approximate surface area is 210 Å².